The van der Waals surface area contributed by atoms with E-state index < -0.39 is 0 Å². The van der Waals surface area contributed by atoms with Crippen molar-refractivity contribution in [2.75, 3.05) is 0 Å². The highest BCUT2D eigenvalue weighted by atomic mass is 35.5. The standard InChI is InChI=1S/C22H15ClN4O2/c23-15-3-6-21-14(8-15)10-26-27(21)13-22(28)19-12-25-20-9-16(4-5-18(19)20)29-17-2-1-7-24-11-17/h1-12,25H,13H2. The second kappa shape index (κ2) is 7.07. The summed E-state index contributed by atoms with van der Waals surface area (Å²) in [6, 6.07) is 14.7. The quantitative estimate of drug-likeness (QED) is 0.408. The molecule has 0 spiro atoms. The summed E-state index contributed by atoms with van der Waals surface area (Å²) >= 11 is 6.02. The molecule has 0 amide bonds. The number of H-pyrrole nitrogens is 1. The molecule has 0 radical (unpaired) electrons. The van der Waals surface area contributed by atoms with Crippen LogP contribution in [0.15, 0.2) is 73.3 Å². The van der Waals surface area contributed by atoms with Crippen LogP contribution >= 0.6 is 11.6 Å². The topological polar surface area (TPSA) is 72.8 Å². The van der Waals surface area contributed by atoms with E-state index in [0.717, 1.165) is 21.8 Å². The molecule has 5 rings (SSSR count). The second-order valence-electron chi connectivity index (χ2n) is 6.63. The average Bonchev–Trinajstić information content (AvgIpc) is 3.32. The first-order valence-corrected chi connectivity index (χ1v) is 9.38. The fraction of sp³-hybridized carbons (Fsp3) is 0.0455. The van der Waals surface area contributed by atoms with Gasteiger partial charge in [0.25, 0.3) is 0 Å². The van der Waals surface area contributed by atoms with Gasteiger partial charge >= 0.3 is 0 Å². The van der Waals surface area contributed by atoms with Crippen LogP contribution in [0.25, 0.3) is 21.8 Å². The van der Waals surface area contributed by atoms with Crippen LogP contribution in [-0.2, 0) is 6.54 Å². The third-order valence-corrected chi connectivity index (χ3v) is 4.96. The second-order valence-corrected chi connectivity index (χ2v) is 7.07. The number of ether oxygens (including phenoxy) is 1. The van der Waals surface area contributed by atoms with E-state index in [9.17, 15) is 4.79 Å². The third kappa shape index (κ3) is 3.34. The van der Waals surface area contributed by atoms with Gasteiger partial charge in [0, 0.05) is 45.3 Å². The van der Waals surface area contributed by atoms with Crippen LogP contribution < -0.4 is 4.74 Å². The minimum absolute atomic E-state index is 0.0304. The molecule has 3 aromatic heterocycles. The Balaban J connectivity index is 1.41. The van der Waals surface area contributed by atoms with Crippen LogP contribution in [0, 0.1) is 0 Å². The van der Waals surface area contributed by atoms with Gasteiger partial charge in [-0.1, -0.05) is 11.6 Å². The first-order chi connectivity index (χ1) is 14.2. The van der Waals surface area contributed by atoms with Gasteiger partial charge in [0.1, 0.15) is 18.0 Å². The first kappa shape index (κ1) is 17.5. The summed E-state index contributed by atoms with van der Waals surface area (Å²) in [5.74, 6) is 1.29. The summed E-state index contributed by atoms with van der Waals surface area (Å²) in [5, 5.41) is 6.72. The predicted molar refractivity (Wildman–Crippen MR) is 112 cm³/mol. The molecule has 0 saturated carbocycles. The molecule has 0 fully saturated rings. The Kier molecular flexibility index (Phi) is 4.26. The van der Waals surface area contributed by atoms with Crippen LogP contribution in [0.1, 0.15) is 10.4 Å². The van der Waals surface area contributed by atoms with Gasteiger partial charge in [0.15, 0.2) is 5.78 Å². The summed E-state index contributed by atoms with van der Waals surface area (Å²) in [7, 11) is 0. The van der Waals surface area contributed by atoms with E-state index in [1.807, 2.05) is 42.5 Å². The van der Waals surface area contributed by atoms with Crippen LogP contribution in [0.3, 0.4) is 0 Å². The number of ketones is 1. The van der Waals surface area contributed by atoms with Crippen LogP contribution in [0.5, 0.6) is 11.5 Å². The van der Waals surface area contributed by atoms with Gasteiger partial charge in [-0.15, -0.1) is 0 Å². The number of hydrogen-bond donors (Lipinski definition) is 1. The molecule has 142 valence electrons. The van der Waals surface area contributed by atoms with Crippen molar-refractivity contribution in [3.63, 3.8) is 0 Å². The zero-order chi connectivity index (χ0) is 19.8. The monoisotopic (exact) mass is 402 g/mol. The molecule has 5 aromatic rings. The number of nitrogens with zero attached hydrogens (tertiary/aromatic N) is 3. The number of pyridine rings is 1. The SMILES string of the molecule is O=C(Cn1ncc2cc(Cl)ccc21)c1c[nH]c2cc(Oc3cccnc3)ccc12. The molecular formula is C22H15ClN4O2. The molecule has 3 heterocycles. The van der Waals surface area contributed by atoms with Gasteiger partial charge in [-0.05, 0) is 42.5 Å². The minimum Gasteiger partial charge on any atom is -0.456 e. The Morgan fingerprint density at radius 2 is 2.03 bits per heavy atom. The Morgan fingerprint density at radius 3 is 2.90 bits per heavy atom. The number of carbonyl (C=O) groups excluding carboxylic acids is 1. The lowest BCUT2D eigenvalue weighted by atomic mass is 10.1. The summed E-state index contributed by atoms with van der Waals surface area (Å²) in [5.41, 5.74) is 2.31. The molecule has 0 bridgehead atoms. The number of Topliss-reactive ketones (excluding diaryl/α,β-unsaturated/α-hetero) is 1. The number of fused-ring (bicyclic) bond motifs is 2. The molecule has 7 heteroatoms. The fourth-order valence-corrected chi connectivity index (χ4v) is 3.53. The average molecular weight is 403 g/mol. The number of benzene rings is 2. The summed E-state index contributed by atoms with van der Waals surface area (Å²) < 4.78 is 7.49. The van der Waals surface area contributed by atoms with E-state index >= 15 is 0 Å². The Hall–Kier alpha value is -3.64. The van der Waals surface area contributed by atoms with Gasteiger partial charge < -0.3 is 9.72 Å². The lowest BCUT2D eigenvalue weighted by Crippen LogP contribution is -2.11. The Bertz CT molecular complexity index is 1340. The molecule has 1 N–H and O–H groups in total. The predicted octanol–water partition coefficient (Wildman–Crippen LogP) is 5.24. The number of aromatic amines is 1. The highest BCUT2D eigenvalue weighted by Gasteiger charge is 2.15. The van der Waals surface area contributed by atoms with Gasteiger partial charge in [0.2, 0.25) is 0 Å². The number of nitrogens with one attached hydrogen (secondary N) is 1. The van der Waals surface area contributed by atoms with Gasteiger partial charge in [-0.3, -0.25) is 14.5 Å². The molecule has 0 aliphatic carbocycles. The van der Waals surface area contributed by atoms with E-state index in [2.05, 4.69) is 15.1 Å². The van der Waals surface area contributed by atoms with Gasteiger partial charge in [-0.25, -0.2) is 0 Å². The van der Waals surface area contributed by atoms with Crippen LogP contribution in [0.2, 0.25) is 5.02 Å². The lowest BCUT2D eigenvalue weighted by Gasteiger charge is -2.06. The maximum atomic E-state index is 12.9. The van der Waals surface area contributed by atoms with Crippen LogP contribution in [-0.4, -0.2) is 25.5 Å². The maximum absolute atomic E-state index is 12.9. The van der Waals surface area contributed by atoms with E-state index in [1.165, 1.54) is 0 Å². The first-order valence-electron chi connectivity index (χ1n) is 9.01. The summed E-state index contributed by atoms with van der Waals surface area (Å²) in [6.07, 6.45) is 6.78. The molecule has 0 aliphatic rings. The molecule has 0 saturated heterocycles. The molecule has 2 aromatic carbocycles. The molecule has 29 heavy (non-hydrogen) atoms. The highest BCUT2D eigenvalue weighted by Crippen LogP contribution is 2.27. The fourth-order valence-electron chi connectivity index (χ4n) is 3.35. The normalized spacial score (nSPS) is 11.2. The largest absolute Gasteiger partial charge is 0.456 e. The van der Waals surface area contributed by atoms with Crippen LogP contribution in [0.4, 0.5) is 0 Å². The lowest BCUT2D eigenvalue weighted by molar-refractivity contribution is 0.0971. The molecule has 0 aliphatic heterocycles. The molecule has 0 unspecified atom stereocenters. The highest BCUT2D eigenvalue weighted by molar-refractivity contribution is 6.31. The number of halogens is 1. The van der Waals surface area contributed by atoms with Crippen molar-refractivity contribution in [1.82, 2.24) is 19.7 Å². The van der Waals surface area contributed by atoms with Crippen molar-refractivity contribution in [1.29, 1.82) is 0 Å². The zero-order valence-corrected chi connectivity index (χ0v) is 15.9. The maximum Gasteiger partial charge on any atom is 0.186 e. The third-order valence-electron chi connectivity index (χ3n) is 4.72. The van der Waals surface area contributed by atoms with E-state index in [-0.39, 0.29) is 12.3 Å². The molecular weight excluding hydrogens is 388 g/mol. The van der Waals surface area contributed by atoms with Crippen molar-refractivity contribution in [2.24, 2.45) is 0 Å². The van der Waals surface area contributed by atoms with E-state index in [1.54, 1.807) is 35.5 Å². The Morgan fingerprint density at radius 1 is 1.10 bits per heavy atom. The minimum atomic E-state index is -0.0304. The van der Waals surface area contributed by atoms with Crippen molar-refractivity contribution >= 4 is 39.2 Å². The number of aromatic nitrogens is 4. The Labute approximate surface area is 170 Å². The van der Waals surface area contributed by atoms with Gasteiger partial charge in [0.05, 0.1) is 17.9 Å². The van der Waals surface area contributed by atoms with Crippen molar-refractivity contribution < 1.29 is 9.53 Å². The summed E-state index contributed by atoms with van der Waals surface area (Å²) in [4.78, 5) is 20.1. The molecule has 6 nitrogen and oxygen atoms in total. The molecule has 0 atom stereocenters. The van der Waals surface area contributed by atoms with Crippen molar-refractivity contribution in [2.45, 2.75) is 6.54 Å². The van der Waals surface area contributed by atoms with E-state index in [4.69, 9.17) is 16.3 Å². The number of rotatable bonds is 5. The number of carbonyl (C=O) groups is 1. The summed E-state index contributed by atoms with van der Waals surface area (Å²) in [6.45, 7) is 0.145. The van der Waals surface area contributed by atoms with Gasteiger partial charge in [-0.2, -0.15) is 5.10 Å². The number of hydrogen-bond acceptors (Lipinski definition) is 4. The van der Waals surface area contributed by atoms with Crippen molar-refractivity contribution in [3.8, 4) is 11.5 Å². The van der Waals surface area contributed by atoms with Crippen molar-refractivity contribution in [3.05, 3.63) is 83.9 Å². The van der Waals surface area contributed by atoms with E-state index in [0.29, 0.717) is 22.1 Å². The zero-order valence-electron chi connectivity index (χ0n) is 15.2. The smallest absolute Gasteiger partial charge is 0.186 e.